The number of urea groups is 1. The van der Waals surface area contributed by atoms with Crippen molar-refractivity contribution in [1.29, 1.82) is 0 Å². The normalized spacial score (nSPS) is 10.9. The first-order chi connectivity index (χ1) is 8.40. The van der Waals surface area contributed by atoms with Gasteiger partial charge in [-0.05, 0) is 45.0 Å². The number of benzene rings is 1. The summed E-state index contributed by atoms with van der Waals surface area (Å²) in [5.74, 6) is 0.754. The van der Waals surface area contributed by atoms with E-state index in [0.717, 1.165) is 5.75 Å². The largest absolute Gasteiger partial charge is 0.488 e. The molecule has 18 heavy (non-hydrogen) atoms. The molecule has 100 valence electrons. The minimum Gasteiger partial charge on any atom is -0.488 e. The molecule has 0 bridgehead atoms. The Morgan fingerprint density at radius 1 is 1.28 bits per heavy atom. The van der Waals surface area contributed by atoms with Gasteiger partial charge in [0.1, 0.15) is 11.4 Å². The lowest BCUT2D eigenvalue weighted by molar-refractivity contribution is 0.131. The third kappa shape index (κ3) is 5.54. The van der Waals surface area contributed by atoms with E-state index in [-0.39, 0.29) is 24.8 Å². The van der Waals surface area contributed by atoms with Crippen LogP contribution in [0.4, 0.5) is 10.5 Å². The Hall–Kier alpha value is -1.75. The molecule has 1 rings (SSSR count). The van der Waals surface area contributed by atoms with Crippen molar-refractivity contribution in [3.05, 3.63) is 24.3 Å². The number of hydrogen-bond acceptors (Lipinski definition) is 3. The van der Waals surface area contributed by atoms with E-state index in [0.29, 0.717) is 5.69 Å². The van der Waals surface area contributed by atoms with Gasteiger partial charge >= 0.3 is 6.03 Å². The van der Waals surface area contributed by atoms with Crippen LogP contribution in [0.25, 0.3) is 0 Å². The predicted molar refractivity (Wildman–Crippen MR) is 70.9 cm³/mol. The van der Waals surface area contributed by atoms with Crippen LogP contribution in [-0.4, -0.2) is 29.9 Å². The highest BCUT2D eigenvalue weighted by atomic mass is 16.5. The number of rotatable bonds is 4. The summed E-state index contributed by atoms with van der Waals surface area (Å²) in [5, 5.41) is 13.7. The Bertz CT molecular complexity index is 382. The Morgan fingerprint density at radius 3 is 2.39 bits per heavy atom. The molecule has 0 aliphatic rings. The monoisotopic (exact) mass is 252 g/mol. The van der Waals surface area contributed by atoms with E-state index >= 15 is 0 Å². The molecule has 5 nitrogen and oxygen atoms in total. The minimum absolute atomic E-state index is 0.0776. The molecule has 1 aromatic rings. The summed E-state index contributed by atoms with van der Waals surface area (Å²) in [7, 11) is 0. The molecule has 0 saturated heterocycles. The van der Waals surface area contributed by atoms with Gasteiger partial charge in [0.2, 0.25) is 0 Å². The first kappa shape index (κ1) is 14.3. The van der Waals surface area contributed by atoms with Gasteiger partial charge in [-0.1, -0.05) is 0 Å². The van der Waals surface area contributed by atoms with Crippen LogP contribution in [-0.2, 0) is 0 Å². The molecule has 0 unspecified atom stereocenters. The van der Waals surface area contributed by atoms with E-state index in [1.165, 1.54) is 0 Å². The lowest BCUT2D eigenvalue weighted by Gasteiger charge is -2.21. The molecule has 0 aromatic heterocycles. The first-order valence-corrected chi connectivity index (χ1v) is 5.85. The number of hydrogen-bond donors (Lipinski definition) is 3. The molecule has 0 heterocycles. The topological polar surface area (TPSA) is 70.6 Å². The van der Waals surface area contributed by atoms with Gasteiger partial charge in [-0.3, -0.25) is 0 Å². The summed E-state index contributed by atoms with van der Waals surface area (Å²) in [5.41, 5.74) is 0.430. The fraction of sp³-hybridized carbons (Fsp3) is 0.462. The molecule has 0 aliphatic carbocycles. The smallest absolute Gasteiger partial charge is 0.319 e. The fourth-order valence-corrected chi connectivity index (χ4v) is 1.30. The second-order valence-electron chi connectivity index (χ2n) is 4.84. The third-order valence-corrected chi connectivity index (χ3v) is 1.93. The highest BCUT2D eigenvalue weighted by Crippen LogP contribution is 2.20. The quantitative estimate of drug-likeness (QED) is 0.767. The predicted octanol–water partition coefficient (Wildman–Crippen LogP) is 1.98. The van der Waals surface area contributed by atoms with Crippen molar-refractivity contribution in [3.8, 4) is 5.75 Å². The Morgan fingerprint density at radius 2 is 1.89 bits per heavy atom. The molecule has 3 N–H and O–H groups in total. The van der Waals surface area contributed by atoms with Crippen molar-refractivity contribution < 1.29 is 14.6 Å². The van der Waals surface area contributed by atoms with Crippen molar-refractivity contribution in [2.24, 2.45) is 0 Å². The van der Waals surface area contributed by atoms with Gasteiger partial charge in [0.15, 0.2) is 0 Å². The van der Waals surface area contributed by atoms with Gasteiger partial charge in [-0.15, -0.1) is 0 Å². The van der Waals surface area contributed by atoms with Crippen LogP contribution >= 0.6 is 0 Å². The average Bonchev–Trinajstić information content (AvgIpc) is 2.27. The maximum atomic E-state index is 11.3. The second-order valence-corrected chi connectivity index (χ2v) is 4.84. The number of amides is 2. The van der Waals surface area contributed by atoms with Crippen LogP contribution in [0.1, 0.15) is 20.8 Å². The van der Waals surface area contributed by atoms with Crippen LogP contribution in [0.2, 0.25) is 0 Å². The van der Waals surface area contributed by atoms with E-state index in [1.807, 2.05) is 20.8 Å². The molecule has 0 atom stereocenters. The number of aliphatic hydroxyl groups excluding tert-OH is 1. The first-order valence-electron chi connectivity index (χ1n) is 5.85. The van der Waals surface area contributed by atoms with E-state index < -0.39 is 0 Å². The van der Waals surface area contributed by atoms with Gasteiger partial charge in [-0.2, -0.15) is 0 Å². The summed E-state index contributed by atoms with van der Waals surface area (Å²) in [6.45, 7) is 6.08. The van der Waals surface area contributed by atoms with E-state index in [9.17, 15) is 4.79 Å². The molecular formula is C13H20N2O3. The fourth-order valence-electron chi connectivity index (χ4n) is 1.30. The van der Waals surface area contributed by atoms with Crippen LogP contribution in [0.3, 0.4) is 0 Å². The van der Waals surface area contributed by atoms with Gasteiger partial charge in [0.05, 0.1) is 6.61 Å². The third-order valence-electron chi connectivity index (χ3n) is 1.93. The zero-order valence-electron chi connectivity index (χ0n) is 11.0. The Kier molecular flexibility index (Phi) is 4.97. The van der Waals surface area contributed by atoms with Crippen LogP contribution in [0.15, 0.2) is 24.3 Å². The zero-order chi connectivity index (χ0) is 13.6. The number of carbonyl (C=O) groups is 1. The lowest BCUT2D eigenvalue weighted by Crippen LogP contribution is -2.30. The van der Waals surface area contributed by atoms with E-state index in [4.69, 9.17) is 9.84 Å². The minimum atomic E-state index is -0.339. The van der Waals surface area contributed by atoms with Gasteiger partial charge in [0.25, 0.3) is 0 Å². The van der Waals surface area contributed by atoms with Crippen LogP contribution < -0.4 is 15.4 Å². The van der Waals surface area contributed by atoms with Gasteiger partial charge in [0, 0.05) is 12.2 Å². The molecule has 5 heteroatoms. The summed E-state index contributed by atoms with van der Waals surface area (Å²) < 4.78 is 5.67. The molecule has 0 aliphatic heterocycles. The number of anilines is 1. The number of nitrogens with one attached hydrogen (secondary N) is 2. The lowest BCUT2D eigenvalue weighted by atomic mass is 10.2. The number of ether oxygens (including phenoxy) is 1. The van der Waals surface area contributed by atoms with E-state index in [2.05, 4.69) is 10.6 Å². The Balaban J connectivity index is 2.52. The van der Waals surface area contributed by atoms with Crippen molar-refractivity contribution in [3.63, 3.8) is 0 Å². The zero-order valence-corrected chi connectivity index (χ0v) is 11.0. The summed E-state index contributed by atoms with van der Waals surface area (Å²) in [6, 6.07) is 6.78. The molecule has 2 amide bonds. The van der Waals surface area contributed by atoms with Crippen molar-refractivity contribution in [1.82, 2.24) is 5.32 Å². The molecule has 0 saturated carbocycles. The standard InChI is InChI=1S/C13H20N2O3/c1-13(2,3)18-11-6-4-10(5-7-11)15-12(17)14-8-9-16/h4-7,16H,8-9H2,1-3H3,(H2,14,15,17). The average molecular weight is 252 g/mol. The molecule has 0 radical (unpaired) electrons. The van der Waals surface area contributed by atoms with E-state index in [1.54, 1.807) is 24.3 Å². The summed E-state index contributed by atoms with van der Waals surface area (Å²) >= 11 is 0. The van der Waals surface area contributed by atoms with Crippen molar-refractivity contribution >= 4 is 11.7 Å². The van der Waals surface area contributed by atoms with Crippen molar-refractivity contribution in [2.75, 3.05) is 18.5 Å². The summed E-state index contributed by atoms with van der Waals surface area (Å²) in [4.78, 5) is 11.3. The maximum Gasteiger partial charge on any atom is 0.319 e. The van der Waals surface area contributed by atoms with Gasteiger partial charge < -0.3 is 20.5 Å². The highest BCUT2D eigenvalue weighted by molar-refractivity contribution is 5.89. The van der Waals surface area contributed by atoms with Crippen LogP contribution in [0, 0.1) is 0 Å². The van der Waals surface area contributed by atoms with Gasteiger partial charge in [-0.25, -0.2) is 4.79 Å². The highest BCUT2D eigenvalue weighted by Gasteiger charge is 2.11. The Labute approximate surface area is 107 Å². The SMILES string of the molecule is CC(C)(C)Oc1ccc(NC(=O)NCCO)cc1. The summed E-state index contributed by atoms with van der Waals surface area (Å²) in [6.07, 6.45) is 0. The van der Waals surface area contributed by atoms with Crippen LogP contribution in [0.5, 0.6) is 5.75 Å². The molecule has 0 fully saturated rings. The second kappa shape index (κ2) is 6.26. The molecular weight excluding hydrogens is 232 g/mol. The molecule has 1 aromatic carbocycles. The molecule has 0 spiro atoms. The number of carbonyl (C=O) groups excluding carboxylic acids is 1. The maximum absolute atomic E-state index is 11.3. The van der Waals surface area contributed by atoms with Crippen molar-refractivity contribution in [2.45, 2.75) is 26.4 Å². The number of aliphatic hydroxyl groups is 1.